The van der Waals surface area contributed by atoms with Crippen LogP contribution in [0.3, 0.4) is 0 Å². The van der Waals surface area contributed by atoms with E-state index in [9.17, 15) is 14.0 Å². The second kappa shape index (κ2) is 8.45. The van der Waals surface area contributed by atoms with Crippen LogP contribution in [0.15, 0.2) is 42.5 Å². The maximum atomic E-state index is 14.0. The number of halogens is 1. The predicted molar refractivity (Wildman–Crippen MR) is 117 cm³/mol. The van der Waals surface area contributed by atoms with Crippen LogP contribution >= 0.6 is 0 Å². The Morgan fingerprint density at radius 1 is 1.13 bits per heavy atom. The number of rotatable bonds is 5. The van der Waals surface area contributed by atoms with Crippen LogP contribution in [-0.2, 0) is 22.6 Å². The fraction of sp³-hybridized carbons (Fsp3) is 0.462. The summed E-state index contributed by atoms with van der Waals surface area (Å²) in [4.78, 5) is 27.3. The van der Waals surface area contributed by atoms with Crippen molar-refractivity contribution in [2.75, 3.05) is 0 Å². The summed E-state index contributed by atoms with van der Waals surface area (Å²) in [6.45, 7) is 6.38. The maximum Gasteiger partial charge on any atom is 0.314 e. The molecule has 0 bridgehead atoms. The van der Waals surface area contributed by atoms with Crippen molar-refractivity contribution in [3.05, 3.63) is 70.5 Å². The molecule has 1 unspecified atom stereocenters. The second-order valence-electron chi connectivity index (χ2n) is 9.72. The monoisotopic (exact) mass is 423 g/mol. The quantitative estimate of drug-likeness (QED) is 0.589. The highest BCUT2D eigenvalue weighted by Gasteiger charge is 2.35. The predicted octanol–water partition coefficient (Wildman–Crippen LogP) is 5.60. The van der Waals surface area contributed by atoms with Gasteiger partial charge in [-0.15, -0.1) is 0 Å². The van der Waals surface area contributed by atoms with Crippen molar-refractivity contribution >= 4 is 11.9 Å². The summed E-state index contributed by atoms with van der Waals surface area (Å²) in [5, 5.41) is 0. The average Bonchev–Trinajstić information content (AvgIpc) is 3.32. The van der Waals surface area contributed by atoms with Crippen molar-refractivity contribution in [1.29, 1.82) is 0 Å². The number of nitrogens with zero attached hydrogens (tertiary/aromatic N) is 1. The lowest BCUT2D eigenvalue weighted by Gasteiger charge is -2.27. The molecule has 2 aromatic rings. The Kier molecular flexibility index (Phi) is 5.87. The minimum absolute atomic E-state index is 0.142. The minimum Gasteiger partial charge on any atom is -0.459 e. The molecule has 1 saturated carbocycles. The van der Waals surface area contributed by atoms with Crippen LogP contribution in [0.2, 0.25) is 0 Å². The molecule has 5 heteroatoms. The number of carbonyl (C=O) groups excluding carboxylic acids is 2. The van der Waals surface area contributed by atoms with E-state index in [4.69, 9.17) is 4.74 Å². The number of esters is 1. The zero-order valence-electron chi connectivity index (χ0n) is 18.5. The van der Waals surface area contributed by atoms with E-state index in [1.165, 1.54) is 6.07 Å². The van der Waals surface area contributed by atoms with E-state index in [1.807, 2.05) is 45.0 Å². The van der Waals surface area contributed by atoms with Gasteiger partial charge in [0.15, 0.2) is 0 Å². The summed E-state index contributed by atoms with van der Waals surface area (Å²) in [7, 11) is 0. The van der Waals surface area contributed by atoms with Crippen LogP contribution in [0.5, 0.6) is 0 Å². The Labute approximate surface area is 183 Å². The van der Waals surface area contributed by atoms with E-state index in [1.54, 1.807) is 17.0 Å². The summed E-state index contributed by atoms with van der Waals surface area (Å²) in [5.74, 6) is -0.592. The van der Waals surface area contributed by atoms with Gasteiger partial charge in [-0.2, -0.15) is 0 Å². The van der Waals surface area contributed by atoms with Crippen molar-refractivity contribution in [3.63, 3.8) is 0 Å². The Balaban J connectivity index is 1.50. The van der Waals surface area contributed by atoms with Crippen molar-refractivity contribution in [2.24, 2.45) is 5.92 Å². The first-order valence-electron chi connectivity index (χ1n) is 11.1. The third-order valence-electron chi connectivity index (χ3n) is 6.23. The molecule has 164 valence electrons. The first-order chi connectivity index (χ1) is 14.7. The molecule has 1 atom stereocenters. The lowest BCUT2D eigenvalue weighted by molar-refractivity contribution is -0.158. The van der Waals surface area contributed by atoms with Crippen LogP contribution in [-0.4, -0.2) is 22.4 Å². The minimum atomic E-state index is -0.520. The third kappa shape index (κ3) is 4.65. The summed E-state index contributed by atoms with van der Waals surface area (Å²) < 4.78 is 19.8. The fourth-order valence-electron chi connectivity index (χ4n) is 4.79. The topological polar surface area (TPSA) is 46.6 Å². The number of ether oxygens (including phenoxy) is 1. The molecule has 0 N–H and O–H groups in total. The first-order valence-corrected chi connectivity index (χ1v) is 11.1. The smallest absolute Gasteiger partial charge is 0.314 e. The van der Waals surface area contributed by atoms with E-state index in [2.05, 4.69) is 0 Å². The highest BCUT2D eigenvalue weighted by atomic mass is 19.1. The number of carbonyl (C=O) groups is 2. The third-order valence-corrected chi connectivity index (χ3v) is 6.23. The number of amides is 1. The molecule has 1 fully saturated rings. The van der Waals surface area contributed by atoms with E-state index < -0.39 is 5.60 Å². The normalized spacial score (nSPS) is 17.7. The van der Waals surface area contributed by atoms with Gasteiger partial charge in [0.1, 0.15) is 11.4 Å². The van der Waals surface area contributed by atoms with Gasteiger partial charge >= 0.3 is 5.97 Å². The number of fused-ring (bicyclic) bond motifs is 1. The Morgan fingerprint density at radius 2 is 1.81 bits per heavy atom. The molecule has 1 aliphatic heterocycles. The molecule has 1 heterocycles. The van der Waals surface area contributed by atoms with E-state index in [0.29, 0.717) is 23.6 Å². The molecule has 1 amide bonds. The van der Waals surface area contributed by atoms with E-state index >= 15 is 0 Å². The molecule has 0 aromatic heterocycles. The zero-order chi connectivity index (χ0) is 22.2. The molecule has 4 rings (SSSR count). The van der Waals surface area contributed by atoms with Crippen LogP contribution in [0.1, 0.15) is 79.4 Å². The molecular weight excluding hydrogens is 393 g/mol. The van der Waals surface area contributed by atoms with Gasteiger partial charge in [-0.05, 0) is 62.8 Å². The van der Waals surface area contributed by atoms with Gasteiger partial charge in [0.25, 0.3) is 5.91 Å². The van der Waals surface area contributed by atoms with Crippen LogP contribution in [0.25, 0.3) is 0 Å². The Morgan fingerprint density at radius 3 is 2.42 bits per heavy atom. The molecule has 0 radical (unpaired) electrons. The van der Waals surface area contributed by atoms with Gasteiger partial charge < -0.3 is 9.64 Å². The van der Waals surface area contributed by atoms with Crippen molar-refractivity contribution in [1.82, 2.24) is 4.90 Å². The molecule has 0 saturated heterocycles. The summed E-state index contributed by atoms with van der Waals surface area (Å²) in [6.07, 6.45) is 4.38. The van der Waals surface area contributed by atoms with Crippen LogP contribution < -0.4 is 0 Å². The molecule has 2 aromatic carbocycles. The highest BCUT2D eigenvalue weighted by molar-refractivity contribution is 5.98. The molecule has 1 aliphatic carbocycles. The van der Waals surface area contributed by atoms with Gasteiger partial charge in [0.2, 0.25) is 0 Å². The maximum absolute atomic E-state index is 14.0. The van der Waals surface area contributed by atoms with E-state index in [-0.39, 0.29) is 30.2 Å². The lowest BCUT2D eigenvalue weighted by Crippen LogP contribution is -2.30. The van der Waals surface area contributed by atoms with Crippen molar-refractivity contribution < 1.29 is 18.7 Å². The number of benzene rings is 2. The average molecular weight is 424 g/mol. The molecular formula is C26H30FNO3. The molecule has 4 nitrogen and oxygen atoms in total. The standard InChI is InChI=1S/C26H30FNO3/c1-26(2,3)31-25(30)23(18-7-4-5-8-18)19-13-11-17(12-14-19)15-28-16-21-20(24(28)29)9-6-10-22(21)27/h6,9-14,18,23H,4-5,7-8,15-16H2,1-3H3. The summed E-state index contributed by atoms with van der Waals surface area (Å²) >= 11 is 0. The summed E-state index contributed by atoms with van der Waals surface area (Å²) in [6, 6.07) is 12.5. The van der Waals surface area contributed by atoms with Gasteiger partial charge in [0.05, 0.1) is 12.5 Å². The number of hydrogen-bond donors (Lipinski definition) is 0. The SMILES string of the molecule is CC(C)(C)OC(=O)C(c1ccc(CN2Cc3c(F)cccc3C2=O)cc1)C1CCCC1. The summed E-state index contributed by atoms with van der Waals surface area (Å²) in [5.41, 5.74) is 2.32. The molecule has 2 aliphatic rings. The largest absolute Gasteiger partial charge is 0.459 e. The Hall–Kier alpha value is -2.69. The Bertz CT molecular complexity index is 971. The van der Waals surface area contributed by atoms with Gasteiger partial charge in [-0.3, -0.25) is 9.59 Å². The van der Waals surface area contributed by atoms with Crippen LogP contribution in [0, 0.1) is 11.7 Å². The van der Waals surface area contributed by atoms with Gasteiger partial charge in [0, 0.05) is 17.7 Å². The van der Waals surface area contributed by atoms with Gasteiger partial charge in [-0.1, -0.05) is 43.2 Å². The lowest BCUT2D eigenvalue weighted by atomic mass is 9.84. The molecule has 31 heavy (non-hydrogen) atoms. The fourth-order valence-corrected chi connectivity index (χ4v) is 4.79. The highest BCUT2D eigenvalue weighted by Crippen LogP contribution is 2.39. The van der Waals surface area contributed by atoms with Crippen LogP contribution in [0.4, 0.5) is 4.39 Å². The van der Waals surface area contributed by atoms with E-state index in [0.717, 1.165) is 36.8 Å². The van der Waals surface area contributed by atoms with Crippen molar-refractivity contribution in [2.45, 2.75) is 71.1 Å². The van der Waals surface area contributed by atoms with Crippen molar-refractivity contribution in [3.8, 4) is 0 Å². The molecule has 0 spiro atoms. The second-order valence-corrected chi connectivity index (χ2v) is 9.72. The first kappa shape index (κ1) is 21.5. The van der Waals surface area contributed by atoms with Gasteiger partial charge in [-0.25, -0.2) is 4.39 Å². The number of hydrogen-bond acceptors (Lipinski definition) is 3. The zero-order valence-corrected chi connectivity index (χ0v) is 18.5.